The Labute approximate surface area is 157 Å². The molecule has 0 unspecified atom stereocenters. The lowest BCUT2D eigenvalue weighted by Crippen LogP contribution is -2.37. The first-order valence-corrected chi connectivity index (χ1v) is 9.30. The van der Waals surface area contributed by atoms with Gasteiger partial charge in [0.05, 0.1) is 24.1 Å². The first-order valence-electron chi connectivity index (χ1n) is 9.30. The van der Waals surface area contributed by atoms with Crippen LogP contribution in [0.2, 0.25) is 0 Å². The van der Waals surface area contributed by atoms with E-state index < -0.39 is 6.43 Å². The maximum absolute atomic E-state index is 12.7. The Hall–Kier alpha value is -2.41. The Morgan fingerprint density at radius 2 is 2.04 bits per heavy atom. The number of imidazole rings is 1. The number of benzene rings is 1. The summed E-state index contributed by atoms with van der Waals surface area (Å²) < 4.78 is 35.3. The quantitative estimate of drug-likeness (QED) is 0.660. The minimum absolute atomic E-state index is 0.147. The van der Waals surface area contributed by atoms with Crippen LogP contribution >= 0.6 is 0 Å². The molecule has 1 aromatic carbocycles. The molecule has 144 valence electrons. The van der Waals surface area contributed by atoms with E-state index in [0.29, 0.717) is 0 Å². The highest BCUT2D eigenvalue weighted by Crippen LogP contribution is 2.29. The molecule has 0 radical (unpaired) electrons. The Morgan fingerprint density at radius 3 is 2.74 bits per heavy atom. The molecular formula is C20H24F2N4O. The van der Waals surface area contributed by atoms with Gasteiger partial charge in [-0.2, -0.15) is 0 Å². The number of halogens is 2. The maximum Gasteiger partial charge on any atom is 0.256 e. The molecule has 5 nitrogen and oxygen atoms in total. The molecule has 4 rings (SSSR count). The molecule has 1 fully saturated rings. The zero-order valence-electron chi connectivity index (χ0n) is 15.4. The number of hydrogen-bond acceptors (Lipinski definition) is 3. The second kappa shape index (κ2) is 7.68. The van der Waals surface area contributed by atoms with Crippen molar-refractivity contribution in [2.24, 2.45) is 7.05 Å². The highest BCUT2D eigenvalue weighted by Gasteiger charge is 2.22. The molecule has 0 spiro atoms. The fourth-order valence-electron chi connectivity index (χ4n) is 3.75. The van der Waals surface area contributed by atoms with Gasteiger partial charge < -0.3 is 13.9 Å². The number of aryl methyl sites for hydroxylation is 1. The number of hydrogen-bond donors (Lipinski definition) is 0. The van der Waals surface area contributed by atoms with Crippen LogP contribution in [0.15, 0.2) is 43.0 Å². The summed E-state index contributed by atoms with van der Waals surface area (Å²) in [5, 5.41) is 0.897. The lowest BCUT2D eigenvalue weighted by molar-refractivity contribution is 0.0973. The van der Waals surface area contributed by atoms with Crippen LogP contribution in [0.4, 0.5) is 8.78 Å². The summed E-state index contributed by atoms with van der Waals surface area (Å²) in [4.78, 5) is 6.78. The van der Waals surface area contributed by atoms with E-state index in [4.69, 9.17) is 4.74 Å². The van der Waals surface area contributed by atoms with Crippen LogP contribution in [0.3, 0.4) is 0 Å². The summed E-state index contributed by atoms with van der Waals surface area (Å²) in [6.07, 6.45) is 5.25. The van der Waals surface area contributed by atoms with Gasteiger partial charge in [-0.1, -0.05) is 6.07 Å². The number of likely N-dealkylation sites (tertiary alicyclic amines) is 1. The average molecular weight is 374 g/mol. The zero-order chi connectivity index (χ0) is 18.8. The molecule has 0 bridgehead atoms. The highest BCUT2D eigenvalue weighted by atomic mass is 19.3. The minimum Gasteiger partial charge on any atom is -0.490 e. The topological polar surface area (TPSA) is 35.2 Å². The number of fused-ring (bicyclic) bond motifs is 1. The van der Waals surface area contributed by atoms with Crippen molar-refractivity contribution >= 4 is 10.9 Å². The summed E-state index contributed by atoms with van der Waals surface area (Å²) in [5.74, 6) is 0.781. The van der Waals surface area contributed by atoms with Gasteiger partial charge in [-0.15, -0.1) is 0 Å². The van der Waals surface area contributed by atoms with E-state index >= 15 is 0 Å². The zero-order valence-corrected chi connectivity index (χ0v) is 15.4. The van der Waals surface area contributed by atoms with Gasteiger partial charge in [-0.05, 0) is 31.0 Å². The van der Waals surface area contributed by atoms with Crippen molar-refractivity contribution in [1.29, 1.82) is 0 Å². The van der Waals surface area contributed by atoms with Crippen LogP contribution < -0.4 is 4.74 Å². The van der Waals surface area contributed by atoms with Gasteiger partial charge in [0.2, 0.25) is 0 Å². The Balaban J connectivity index is 1.38. The molecular weight excluding hydrogens is 350 g/mol. The average Bonchev–Trinajstić information content (AvgIpc) is 3.23. The van der Waals surface area contributed by atoms with Crippen LogP contribution in [0, 0.1) is 0 Å². The van der Waals surface area contributed by atoms with E-state index in [0.717, 1.165) is 54.8 Å². The van der Waals surface area contributed by atoms with E-state index in [1.165, 1.54) is 0 Å². The molecule has 0 atom stereocenters. The summed E-state index contributed by atoms with van der Waals surface area (Å²) in [5.41, 5.74) is 1.88. The monoisotopic (exact) mass is 374 g/mol. The minimum atomic E-state index is -2.37. The SMILES string of the molecule is Cn1cnc(CN2CCC(Oc3cccc4c3ccn4CC(F)F)CC2)c1. The molecule has 1 aliphatic heterocycles. The van der Waals surface area contributed by atoms with Gasteiger partial charge in [0.15, 0.2) is 0 Å². The predicted molar refractivity (Wildman–Crippen MR) is 100 cm³/mol. The maximum atomic E-state index is 12.7. The van der Waals surface area contributed by atoms with E-state index in [-0.39, 0.29) is 12.6 Å². The van der Waals surface area contributed by atoms with Gasteiger partial charge in [0.25, 0.3) is 6.43 Å². The molecule has 0 aliphatic carbocycles. The van der Waals surface area contributed by atoms with Crippen LogP contribution in [0.1, 0.15) is 18.5 Å². The standard InChI is InChI=1S/C20H24F2N4O/c1-24-11-15(23-14-24)12-25-8-5-16(6-9-25)27-19-4-2-3-18-17(19)7-10-26(18)13-20(21)22/h2-4,7,10-11,14,16,20H,5-6,8-9,12-13H2,1H3. The van der Waals surface area contributed by atoms with Crippen molar-refractivity contribution in [1.82, 2.24) is 19.0 Å². The molecule has 3 aromatic rings. The molecule has 27 heavy (non-hydrogen) atoms. The number of ether oxygens (including phenoxy) is 1. The second-order valence-corrected chi connectivity index (χ2v) is 7.17. The van der Waals surface area contributed by atoms with Gasteiger partial charge in [-0.3, -0.25) is 4.90 Å². The summed E-state index contributed by atoms with van der Waals surface area (Å²) in [6, 6.07) is 7.52. The fraction of sp³-hybridized carbons (Fsp3) is 0.450. The van der Waals surface area contributed by atoms with Crippen molar-refractivity contribution in [3.63, 3.8) is 0 Å². The van der Waals surface area contributed by atoms with E-state index in [9.17, 15) is 8.78 Å². The molecule has 0 N–H and O–H groups in total. The van der Waals surface area contributed by atoms with Crippen molar-refractivity contribution in [3.8, 4) is 5.75 Å². The van der Waals surface area contributed by atoms with Crippen LogP contribution in [-0.4, -0.2) is 44.6 Å². The number of aromatic nitrogens is 3. The summed E-state index contributed by atoms with van der Waals surface area (Å²) in [6.45, 7) is 2.49. The molecule has 7 heteroatoms. The smallest absolute Gasteiger partial charge is 0.256 e. The van der Waals surface area contributed by atoms with Crippen molar-refractivity contribution in [3.05, 3.63) is 48.7 Å². The largest absolute Gasteiger partial charge is 0.490 e. The molecule has 3 heterocycles. The molecule has 2 aromatic heterocycles. The summed E-state index contributed by atoms with van der Waals surface area (Å²) >= 11 is 0. The second-order valence-electron chi connectivity index (χ2n) is 7.17. The van der Waals surface area contributed by atoms with Crippen molar-refractivity contribution in [2.45, 2.75) is 38.5 Å². The van der Waals surface area contributed by atoms with Gasteiger partial charge in [0, 0.05) is 44.5 Å². The Kier molecular flexibility index (Phi) is 5.11. The normalized spacial score (nSPS) is 16.4. The number of piperidine rings is 1. The number of alkyl halides is 2. The highest BCUT2D eigenvalue weighted by molar-refractivity contribution is 5.86. The third-order valence-electron chi connectivity index (χ3n) is 5.08. The lowest BCUT2D eigenvalue weighted by Gasteiger charge is -2.31. The van der Waals surface area contributed by atoms with Crippen molar-refractivity contribution < 1.29 is 13.5 Å². The third kappa shape index (κ3) is 4.13. The summed E-state index contributed by atoms with van der Waals surface area (Å²) in [7, 11) is 1.98. The van der Waals surface area contributed by atoms with Gasteiger partial charge >= 0.3 is 0 Å². The van der Waals surface area contributed by atoms with Crippen LogP contribution in [0.5, 0.6) is 5.75 Å². The fourth-order valence-corrected chi connectivity index (χ4v) is 3.75. The van der Waals surface area contributed by atoms with Gasteiger partial charge in [-0.25, -0.2) is 13.8 Å². The molecule has 1 saturated heterocycles. The predicted octanol–water partition coefficient (Wildman–Crippen LogP) is 3.68. The Morgan fingerprint density at radius 1 is 1.22 bits per heavy atom. The lowest BCUT2D eigenvalue weighted by atomic mass is 10.1. The molecule has 0 saturated carbocycles. The first kappa shape index (κ1) is 18.0. The van der Waals surface area contributed by atoms with Crippen molar-refractivity contribution in [2.75, 3.05) is 13.1 Å². The first-order chi connectivity index (χ1) is 13.1. The molecule has 0 amide bonds. The van der Waals surface area contributed by atoms with E-state index in [1.807, 2.05) is 48.4 Å². The molecule has 1 aliphatic rings. The van der Waals surface area contributed by atoms with E-state index in [1.54, 1.807) is 10.8 Å². The Bertz CT molecular complexity index is 896. The van der Waals surface area contributed by atoms with Crippen LogP contribution in [0.25, 0.3) is 10.9 Å². The van der Waals surface area contributed by atoms with E-state index in [2.05, 4.69) is 9.88 Å². The third-order valence-corrected chi connectivity index (χ3v) is 5.08. The van der Waals surface area contributed by atoms with Gasteiger partial charge in [0.1, 0.15) is 11.9 Å². The number of nitrogens with zero attached hydrogens (tertiary/aromatic N) is 4. The number of rotatable bonds is 6. The van der Waals surface area contributed by atoms with Crippen LogP contribution in [-0.2, 0) is 20.1 Å².